The van der Waals surface area contributed by atoms with E-state index in [0.29, 0.717) is 18.1 Å². The number of nitrogens with zero attached hydrogens (tertiary/aromatic N) is 3. The number of rotatable bonds is 4. The van der Waals surface area contributed by atoms with E-state index in [0.717, 1.165) is 11.1 Å². The fourth-order valence-corrected chi connectivity index (χ4v) is 3.94. The third kappa shape index (κ3) is 3.17. The summed E-state index contributed by atoms with van der Waals surface area (Å²) >= 11 is 0. The molecule has 3 rings (SSSR count). The van der Waals surface area contributed by atoms with Crippen LogP contribution in [0.25, 0.3) is 5.52 Å². The maximum atomic E-state index is 12.7. The highest BCUT2D eigenvalue weighted by Gasteiger charge is 2.19. The third-order valence-electron chi connectivity index (χ3n) is 3.95. The monoisotopic (exact) mass is 360 g/mol. The van der Waals surface area contributed by atoms with Gasteiger partial charge in [0.1, 0.15) is 16.2 Å². The Morgan fingerprint density at radius 1 is 1.08 bits per heavy atom. The summed E-state index contributed by atoms with van der Waals surface area (Å²) in [6, 6.07) is 6.87. The molecule has 0 aliphatic carbocycles. The van der Waals surface area contributed by atoms with Crippen molar-refractivity contribution in [2.75, 3.05) is 4.72 Å². The van der Waals surface area contributed by atoms with Gasteiger partial charge in [0.15, 0.2) is 0 Å². The van der Waals surface area contributed by atoms with E-state index >= 15 is 0 Å². The zero-order valence-corrected chi connectivity index (χ0v) is 15.4. The van der Waals surface area contributed by atoms with E-state index in [1.807, 2.05) is 26.8 Å². The number of benzene rings is 1. The molecule has 0 fully saturated rings. The van der Waals surface area contributed by atoms with Gasteiger partial charge in [-0.1, -0.05) is 6.07 Å². The van der Waals surface area contributed by atoms with Crippen molar-refractivity contribution < 1.29 is 8.42 Å². The van der Waals surface area contributed by atoms with Crippen LogP contribution in [0.15, 0.2) is 40.2 Å². The van der Waals surface area contributed by atoms with E-state index in [2.05, 4.69) is 9.82 Å². The van der Waals surface area contributed by atoms with Crippen molar-refractivity contribution in [3.8, 4) is 0 Å². The molecule has 0 saturated heterocycles. The normalized spacial score (nSPS) is 11.8. The lowest BCUT2D eigenvalue weighted by Gasteiger charge is -2.08. The maximum Gasteiger partial charge on any atom is 0.291 e. The fourth-order valence-electron chi connectivity index (χ4n) is 2.88. The Bertz CT molecular complexity index is 1110. The molecule has 1 aromatic carbocycles. The summed E-state index contributed by atoms with van der Waals surface area (Å²) in [4.78, 5) is 12.4. The molecule has 1 N–H and O–H groups in total. The quantitative estimate of drug-likeness (QED) is 0.773. The molecule has 2 heterocycles. The molecule has 7 nitrogen and oxygen atoms in total. The Kier molecular flexibility index (Phi) is 4.16. The third-order valence-corrected chi connectivity index (χ3v) is 5.29. The van der Waals surface area contributed by atoms with E-state index in [1.54, 1.807) is 19.1 Å². The zero-order chi connectivity index (χ0) is 18.4. The lowest BCUT2D eigenvalue weighted by Crippen LogP contribution is -2.25. The minimum absolute atomic E-state index is 0.0301. The van der Waals surface area contributed by atoms with Crippen LogP contribution < -0.4 is 10.3 Å². The molecule has 8 heteroatoms. The Morgan fingerprint density at radius 2 is 1.72 bits per heavy atom. The van der Waals surface area contributed by atoms with Crippen LogP contribution in [0.5, 0.6) is 0 Å². The molecule has 0 atom stereocenters. The number of aryl methyl sites for hydroxylation is 4. The molecule has 0 amide bonds. The van der Waals surface area contributed by atoms with Gasteiger partial charge in [0.25, 0.3) is 15.6 Å². The molecule has 0 spiro atoms. The SMILES string of the molecule is CCn1nc(C)n2cc(S(=O)(=O)Nc3cc(C)cc(C)c3)cc2c1=O. The molecular weight excluding hydrogens is 340 g/mol. The number of hydrogen-bond donors (Lipinski definition) is 1. The average molecular weight is 360 g/mol. The average Bonchev–Trinajstić information content (AvgIpc) is 2.96. The number of aromatic nitrogens is 3. The van der Waals surface area contributed by atoms with Gasteiger partial charge in [0, 0.05) is 18.4 Å². The van der Waals surface area contributed by atoms with Crippen LogP contribution in [0.3, 0.4) is 0 Å². The van der Waals surface area contributed by atoms with Crippen LogP contribution in [0.2, 0.25) is 0 Å². The highest BCUT2D eigenvalue weighted by atomic mass is 32.2. The predicted octanol–water partition coefficient (Wildman–Crippen LogP) is 2.24. The molecule has 132 valence electrons. The molecule has 0 bridgehead atoms. The molecular formula is C17H20N4O3S. The van der Waals surface area contributed by atoms with Gasteiger partial charge >= 0.3 is 0 Å². The zero-order valence-electron chi connectivity index (χ0n) is 14.6. The van der Waals surface area contributed by atoms with E-state index in [-0.39, 0.29) is 16.0 Å². The number of sulfonamides is 1. The molecule has 3 aromatic rings. The summed E-state index contributed by atoms with van der Waals surface area (Å²) in [5.74, 6) is 0.546. The second-order valence-electron chi connectivity index (χ2n) is 6.08. The maximum absolute atomic E-state index is 12.7. The minimum atomic E-state index is -3.81. The summed E-state index contributed by atoms with van der Waals surface area (Å²) in [6.07, 6.45) is 1.42. The van der Waals surface area contributed by atoms with E-state index < -0.39 is 10.0 Å². The molecule has 0 aliphatic rings. The van der Waals surface area contributed by atoms with Gasteiger partial charge in [-0.15, -0.1) is 0 Å². The number of fused-ring (bicyclic) bond motifs is 1. The highest BCUT2D eigenvalue weighted by molar-refractivity contribution is 7.92. The van der Waals surface area contributed by atoms with Crippen molar-refractivity contribution in [3.05, 3.63) is 57.8 Å². The van der Waals surface area contributed by atoms with Gasteiger partial charge in [0.2, 0.25) is 0 Å². The number of nitrogens with one attached hydrogen (secondary N) is 1. The smallest absolute Gasteiger partial charge is 0.291 e. The van der Waals surface area contributed by atoms with Crippen LogP contribution in [-0.4, -0.2) is 22.6 Å². The highest BCUT2D eigenvalue weighted by Crippen LogP contribution is 2.20. The van der Waals surface area contributed by atoms with Crippen LogP contribution in [0.1, 0.15) is 23.9 Å². The largest absolute Gasteiger partial charge is 0.298 e. The van der Waals surface area contributed by atoms with Crippen molar-refractivity contribution in [2.24, 2.45) is 0 Å². The first kappa shape index (κ1) is 17.2. The second kappa shape index (κ2) is 6.03. The van der Waals surface area contributed by atoms with Gasteiger partial charge in [-0.3, -0.25) is 13.9 Å². The molecule has 0 radical (unpaired) electrons. The first-order valence-electron chi connectivity index (χ1n) is 7.92. The summed E-state index contributed by atoms with van der Waals surface area (Å²) in [5.41, 5.74) is 2.39. The fraction of sp³-hybridized carbons (Fsp3) is 0.294. The Hall–Kier alpha value is -2.61. The number of hydrogen-bond acceptors (Lipinski definition) is 4. The van der Waals surface area contributed by atoms with E-state index in [4.69, 9.17) is 0 Å². The topological polar surface area (TPSA) is 85.5 Å². The van der Waals surface area contributed by atoms with Crippen molar-refractivity contribution in [2.45, 2.75) is 39.1 Å². The summed E-state index contributed by atoms with van der Waals surface area (Å²) in [5, 5.41) is 4.17. The van der Waals surface area contributed by atoms with Gasteiger partial charge < -0.3 is 0 Å². The molecule has 2 aromatic heterocycles. The van der Waals surface area contributed by atoms with E-state index in [9.17, 15) is 13.2 Å². The first-order valence-corrected chi connectivity index (χ1v) is 9.40. The Labute approximate surface area is 146 Å². The van der Waals surface area contributed by atoms with Crippen molar-refractivity contribution in [1.82, 2.24) is 14.2 Å². The summed E-state index contributed by atoms with van der Waals surface area (Å²) in [6.45, 7) is 7.77. The van der Waals surface area contributed by atoms with E-state index in [1.165, 1.54) is 21.3 Å². The van der Waals surface area contributed by atoms with Crippen molar-refractivity contribution in [1.29, 1.82) is 0 Å². The van der Waals surface area contributed by atoms with Gasteiger partial charge in [0.05, 0.1) is 0 Å². The molecule has 25 heavy (non-hydrogen) atoms. The molecule has 0 saturated carbocycles. The summed E-state index contributed by atoms with van der Waals surface area (Å²) < 4.78 is 30.8. The standard InChI is InChI=1S/C17H20N4O3S/c1-5-21-17(22)16-9-15(10-20(16)13(4)18-21)25(23,24)19-14-7-11(2)6-12(3)8-14/h6-10,19H,5H2,1-4H3. The first-order chi connectivity index (χ1) is 11.7. The second-order valence-corrected chi connectivity index (χ2v) is 7.76. The van der Waals surface area contributed by atoms with Gasteiger partial charge in [-0.05, 0) is 57.0 Å². The van der Waals surface area contributed by atoms with Crippen molar-refractivity contribution in [3.63, 3.8) is 0 Å². The summed E-state index contributed by atoms with van der Waals surface area (Å²) in [7, 11) is -3.81. The van der Waals surface area contributed by atoms with Crippen LogP contribution in [0, 0.1) is 20.8 Å². The lowest BCUT2D eigenvalue weighted by atomic mass is 10.1. The Morgan fingerprint density at radius 3 is 2.32 bits per heavy atom. The number of anilines is 1. The van der Waals surface area contributed by atoms with Gasteiger partial charge in [-0.2, -0.15) is 5.10 Å². The minimum Gasteiger partial charge on any atom is -0.298 e. The molecule has 0 unspecified atom stereocenters. The van der Waals surface area contributed by atoms with Crippen LogP contribution in [-0.2, 0) is 16.6 Å². The Balaban J connectivity index is 2.10. The lowest BCUT2D eigenvalue weighted by molar-refractivity contribution is 0.592. The predicted molar refractivity (Wildman–Crippen MR) is 96.6 cm³/mol. The van der Waals surface area contributed by atoms with Crippen molar-refractivity contribution >= 4 is 21.2 Å². The van der Waals surface area contributed by atoms with Gasteiger partial charge in [-0.25, -0.2) is 13.1 Å². The van der Waals surface area contributed by atoms with Crippen LogP contribution >= 0.6 is 0 Å². The molecule has 0 aliphatic heterocycles. The van der Waals surface area contributed by atoms with Crippen LogP contribution in [0.4, 0.5) is 5.69 Å².